The second-order valence-electron chi connectivity index (χ2n) is 4.40. The molecule has 7 heteroatoms. The van der Waals surface area contributed by atoms with Gasteiger partial charge in [-0.15, -0.1) is 0 Å². The first-order chi connectivity index (χ1) is 9.02. The van der Waals surface area contributed by atoms with Crippen molar-refractivity contribution in [1.82, 2.24) is 0 Å². The van der Waals surface area contributed by atoms with E-state index in [-0.39, 0.29) is 0 Å². The highest BCUT2D eigenvalue weighted by Crippen LogP contribution is 2.23. The van der Waals surface area contributed by atoms with Crippen molar-refractivity contribution in [2.45, 2.75) is 30.6 Å². The number of rotatable bonds is 3. The van der Waals surface area contributed by atoms with Gasteiger partial charge in [-0.05, 0) is 24.3 Å². The first kappa shape index (κ1) is 14.5. The molecule has 0 aromatic heterocycles. The van der Waals surface area contributed by atoms with Crippen LogP contribution < -0.4 is 5.32 Å². The van der Waals surface area contributed by atoms with Crippen molar-refractivity contribution in [3.63, 3.8) is 0 Å². The molecule has 0 spiro atoms. The molecule has 5 N–H and O–H groups in total. The normalized spacial score (nSPS) is 35.1. The Hall–Kier alpha value is -0.890. The number of halogens is 1. The highest BCUT2D eigenvalue weighted by molar-refractivity contribution is 6.30. The summed E-state index contributed by atoms with van der Waals surface area (Å²) in [5.41, 5.74) is 0.633. The number of aliphatic hydroxyl groups excluding tert-OH is 4. The molecule has 1 fully saturated rings. The van der Waals surface area contributed by atoms with Crippen LogP contribution in [0.25, 0.3) is 0 Å². The third-order valence-electron chi connectivity index (χ3n) is 3.05. The highest BCUT2D eigenvalue weighted by atomic mass is 35.5. The fourth-order valence-corrected chi connectivity index (χ4v) is 2.06. The van der Waals surface area contributed by atoms with E-state index < -0.39 is 37.3 Å². The molecular weight excluding hydrogens is 274 g/mol. The van der Waals surface area contributed by atoms with Crippen LogP contribution in [-0.4, -0.2) is 57.7 Å². The summed E-state index contributed by atoms with van der Waals surface area (Å²) in [5.74, 6) is 0. The van der Waals surface area contributed by atoms with Crippen LogP contribution in [0.4, 0.5) is 5.69 Å². The Kier molecular flexibility index (Phi) is 4.62. The molecule has 5 atom stereocenters. The van der Waals surface area contributed by atoms with Gasteiger partial charge in [-0.25, -0.2) is 0 Å². The first-order valence-corrected chi connectivity index (χ1v) is 6.23. The number of nitrogens with one attached hydrogen (secondary N) is 1. The molecule has 0 amide bonds. The smallest absolute Gasteiger partial charge is 0.157 e. The molecule has 19 heavy (non-hydrogen) atoms. The van der Waals surface area contributed by atoms with Crippen molar-refractivity contribution in [3.05, 3.63) is 29.3 Å². The van der Waals surface area contributed by atoms with Crippen LogP contribution >= 0.6 is 11.6 Å². The summed E-state index contributed by atoms with van der Waals surface area (Å²) < 4.78 is 5.31. The SMILES string of the molecule is OC[C@@H]1O[C@H](Nc2ccc(Cl)cc2)[C@H](O)[C@H](O)[C@H]1O. The first-order valence-electron chi connectivity index (χ1n) is 5.85. The van der Waals surface area contributed by atoms with Crippen molar-refractivity contribution in [2.75, 3.05) is 11.9 Å². The molecule has 1 heterocycles. The molecule has 0 radical (unpaired) electrons. The summed E-state index contributed by atoms with van der Waals surface area (Å²) in [6.07, 6.45) is -5.92. The van der Waals surface area contributed by atoms with E-state index in [1.54, 1.807) is 24.3 Å². The van der Waals surface area contributed by atoms with Crippen LogP contribution in [0.1, 0.15) is 0 Å². The van der Waals surface area contributed by atoms with Crippen LogP contribution in [-0.2, 0) is 4.74 Å². The Morgan fingerprint density at radius 2 is 1.68 bits per heavy atom. The van der Waals surface area contributed by atoms with E-state index >= 15 is 0 Å². The average molecular weight is 290 g/mol. The highest BCUT2D eigenvalue weighted by Gasteiger charge is 2.43. The molecule has 0 bridgehead atoms. The molecular formula is C12H16ClNO5. The molecule has 6 nitrogen and oxygen atoms in total. The number of anilines is 1. The number of aliphatic hydroxyl groups is 4. The van der Waals surface area contributed by atoms with Gasteiger partial charge in [-0.3, -0.25) is 0 Å². The summed E-state index contributed by atoms with van der Waals surface area (Å²) in [6, 6.07) is 6.69. The number of ether oxygens (including phenoxy) is 1. The van der Waals surface area contributed by atoms with E-state index in [1.165, 1.54) is 0 Å². The summed E-state index contributed by atoms with van der Waals surface area (Å²) in [5, 5.41) is 41.6. The largest absolute Gasteiger partial charge is 0.394 e. The van der Waals surface area contributed by atoms with Crippen molar-refractivity contribution in [2.24, 2.45) is 0 Å². The topological polar surface area (TPSA) is 102 Å². The molecule has 1 aromatic rings. The molecule has 0 saturated carbocycles. The summed E-state index contributed by atoms with van der Waals surface area (Å²) in [6.45, 7) is -0.455. The maximum absolute atomic E-state index is 9.83. The summed E-state index contributed by atoms with van der Waals surface area (Å²) in [4.78, 5) is 0. The van der Waals surface area contributed by atoms with Crippen molar-refractivity contribution in [3.8, 4) is 0 Å². The second-order valence-corrected chi connectivity index (χ2v) is 4.84. The minimum Gasteiger partial charge on any atom is -0.394 e. The van der Waals surface area contributed by atoms with Crippen molar-refractivity contribution >= 4 is 17.3 Å². The lowest BCUT2D eigenvalue weighted by Gasteiger charge is -2.40. The van der Waals surface area contributed by atoms with Crippen LogP contribution in [0.15, 0.2) is 24.3 Å². The van der Waals surface area contributed by atoms with E-state index in [2.05, 4.69) is 5.32 Å². The van der Waals surface area contributed by atoms with E-state index in [1.807, 2.05) is 0 Å². The van der Waals surface area contributed by atoms with Gasteiger partial charge < -0.3 is 30.5 Å². The molecule has 0 unspecified atom stereocenters. The summed E-state index contributed by atoms with van der Waals surface area (Å²) >= 11 is 5.76. The Bertz CT molecular complexity index is 413. The van der Waals surface area contributed by atoms with E-state index in [0.29, 0.717) is 10.7 Å². The Labute approximate surface area is 115 Å². The predicted octanol–water partition coefficient (Wildman–Crippen LogP) is -0.448. The second kappa shape index (κ2) is 6.04. The van der Waals surface area contributed by atoms with Crippen molar-refractivity contribution < 1.29 is 25.2 Å². The molecule has 1 saturated heterocycles. The lowest BCUT2D eigenvalue weighted by Crippen LogP contribution is -2.60. The summed E-state index contributed by atoms with van der Waals surface area (Å²) in [7, 11) is 0. The van der Waals surface area contributed by atoms with Gasteiger partial charge in [0.2, 0.25) is 0 Å². The van der Waals surface area contributed by atoms with Crippen LogP contribution in [0.3, 0.4) is 0 Å². The van der Waals surface area contributed by atoms with Gasteiger partial charge in [-0.2, -0.15) is 0 Å². The fourth-order valence-electron chi connectivity index (χ4n) is 1.93. The van der Waals surface area contributed by atoms with Gasteiger partial charge in [-0.1, -0.05) is 11.6 Å². The molecule has 2 rings (SSSR count). The monoisotopic (exact) mass is 289 g/mol. The van der Waals surface area contributed by atoms with Gasteiger partial charge in [0.1, 0.15) is 24.4 Å². The maximum atomic E-state index is 9.83. The van der Waals surface area contributed by atoms with Crippen LogP contribution in [0.2, 0.25) is 5.02 Å². The molecule has 1 aliphatic heterocycles. The standard InChI is InChI=1S/C12H16ClNO5/c13-6-1-3-7(4-2-6)14-12-11(18)10(17)9(16)8(5-15)19-12/h1-4,8-12,14-18H,5H2/t8-,9-,10+,11+,12-/m0/s1. The molecule has 1 aromatic carbocycles. The van der Waals surface area contributed by atoms with Crippen LogP contribution in [0, 0.1) is 0 Å². The maximum Gasteiger partial charge on any atom is 0.157 e. The van der Waals surface area contributed by atoms with Crippen LogP contribution in [0.5, 0.6) is 0 Å². The zero-order chi connectivity index (χ0) is 14.0. The Morgan fingerprint density at radius 1 is 1.05 bits per heavy atom. The molecule has 1 aliphatic rings. The minimum absolute atomic E-state index is 0.455. The Morgan fingerprint density at radius 3 is 2.26 bits per heavy atom. The fraction of sp³-hybridized carbons (Fsp3) is 0.500. The Balaban J connectivity index is 2.08. The van der Waals surface area contributed by atoms with Crippen molar-refractivity contribution in [1.29, 1.82) is 0 Å². The lowest BCUT2D eigenvalue weighted by molar-refractivity contribution is -0.221. The van der Waals surface area contributed by atoms with E-state index in [0.717, 1.165) is 0 Å². The quantitative estimate of drug-likeness (QED) is 0.517. The van der Waals surface area contributed by atoms with E-state index in [4.69, 9.17) is 21.4 Å². The third-order valence-corrected chi connectivity index (χ3v) is 3.30. The van der Waals surface area contributed by atoms with Gasteiger partial charge in [0.25, 0.3) is 0 Å². The molecule has 106 valence electrons. The van der Waals surface area contributed by atoms with Gasteiger partial charge in [0, 0.05) is 10.7 Å². The minimum atomic E-state index is -1.39. The predicted molar refractivity (Wildman–Crippen MR) is 68.8 cm³/mol. The number of hydrogen-bond acceptors (Lipinski definition) is 6. The number of benzene rings is 1. The third kappa shape index (κ3) is 3.17. The molecule has 0 aliphatic carbocycles. The lowest BCUT2D eigenvalue weighted by atomic mass is 9.98. The average Bonchev–Trinajstić information content (AvgIpc) is 2.42. The number of hydrogen-bond donors (Lipinski definition) is 5. The van der Waals surface area contributed by atoms with Gasteiger partial charge in [0.05, 0.1) is 6.61 Å². The zero-order valence-electron chi connectivity index (χ0n) is 9.98. The van der Waals surface area contributed by atoms with Gasteiger partial charge >= 0.3 is 0 Å². The van der Waals surface area contributed by atoms with Gasteiger partial charge in [0.15, 0.2) is 6.23 Å². The van der Waals surface area contributed by atoms with E-state index in [9.17, 15) is 15.3 Å². The zero-order valence-corrected chi connectivity index (χ0v) is 10.7.